The number of β-amino-alcohol motifs (C(OH)–C–C–N with tert-alkyl or cyclic N) is 1. The zero-order chi connectivity index (χ0) is 18.0. The molecule has 6 heteroatoms. The Morgan fingerprint density at radius 1 is 1.08 bits per heavy atom. The molecule has 3 rings (SSSR count). The predicted octanol–water partition coefficient (Wildman–Crippen LogP) is 3.17. The van der Waals surface area contributed by atoms with Gasteiger partial charge in [-0.3, -0.25) is 4.79 Å². The van der Waals surface area contributed by atoms with Crippen LogP contribution >= 0.6 is 11.6 Å². The van der Waals surface area contributed by atoms with Crippen molar-refractivity contribution in [3.8, 4) is 0 Å². The quantitative estimate of drug-likeness (QED) is 0.860. The van der Waals surface area contributed by atoms with Gasteiger partial charge in [0.1, 0.15) is 0 Å². The molecule has 0 spiro atoms. The Labute approximate surface area is 152 Å². The molecule has 1 heterocycles. The molecule has 2 aromatic rings. The summed E-state index contributed by atoms with van der Waals surface area (Å²) >= 11 is 6.24. The van der Waals surface area contributed by atoms with E-state index in [1.165, 1.54) is 0 Å². The van der Waals surface area contributed by atoms with Crippen LogP contribution < -0.4 is 15.5 Å². The van der Waals surface area contributed by atoms with E-state index >= 15 is 0 Å². The highest BCUT2D eigenvalue weighted by molar-refractivity contribution is 6.31. The first-order valence-corrected chi connectivity index (χ1v) is 8.75. The van der Waals surface area contributed by atoms with Crippen molar-refractivity contribution in [1.82, 2.24) is 0 Å². The monoisotopic (exact) mass is 359 g/mol. The maximum atomic E-state index is 13.1. The first-order valence-electron chi connectivity index (χ1n) is 8.37. The Balaban J connectivity index is 2.20. The lowest BCUT2D eigenvalue weighted by molar-refractivity contribution is 0.0982. The van der Waals surface area contributed by atoms with Crippen LogP contribution in [0.2, 0.25) is 5.02 Å². The van der Waals surface area contributed by atoms with Gasteiger partial charge in [-0.15, -0.1) is 0 Å². The van der Waals surface area contributed by atoms with Crippen LogP contribution in [0.15, 0.2) is 42.5 Å². The Bertz CT molecular complexity index is 779. The number of rotatable bonds is 5. The van der Waals surface area contributed by atoms with Gasteiger partial charge in [0.2, 0.25) is 0 Å². The van der Waals surface area contributed by atoms with Crippen LogP contribution in [-0.2, 0) is 0 Å². The summed E-state index contributed by atoms with van der Waals surface area (Å²) < 4.78 is 0. The first-order chi connectivity index (χ1) is 12.0. The Morgan fingerprint density at radius 2 is 1.84 bits per heavy atom. The fourth-order valence-corrected chi connectivity index (χ4v) is 3.28. The predicted molar refractivity (Wildman–Crippen MR) is 102 cm³/mol. The standard InChI is InChI=1S/C19H22ClN3O2/c1-13(21)8-9-22-16-5-3-2-4-15(16)19(25)23(10-11-24)17-7-6-14(20)12-18(17)22/h2-7,12-13,24H,8-11,21H2,1H3. The van der Waals surface area contributed by atoms with Crippen molar-refractivity contribution in [2.24, 2.45) is 5.73 Å². The fourth-order valence-electron chi connectivity index (χ4n) is 3.11. The summed E-state index contributed by atoms with van der Waals surface area (Å²) in [4.78, 5) is 16.8. The van der Waals surface area contributed by atoms with E-state index in [0.29, 0.717) is 17.1 Å². The molecule has 0 radical (unpaired) electrons. The van der Waals surface area contributed by atoms with Gasteiger partial charge in [0, 0.05) is 24.2 Å². The van der Waals surface area contributed by atoms with Gasteiger partial charge in [0.05, 0.1) is 29.2 Å². The fraction of sp³-hybridized carbons (Fsp3) is 0.316. The molecule has 0 bridgehead atoms. The molecule has 0 saturated heterocycles. The number of hydrogen-bond donors (Lipinski definition) is 2. The Hall–Kier alpha value is -2.08. The number of carbonyl (C=O) groups excluding carboxylic acids is 1. The van der Waals surface area contributed by atoms with Crippen LogP contribution in [0.5, 0.6) is 0 Å². The van der Waals surface area contributed by atoms with Gasteiger partial charge in [0.25, 0.3) is 5.91 Å². The van der Waals surface area contributed by atoms with E-state index in [-0.39, 0.29) is 25.1 Å². The van der Waals surface area contributed by atoms with Crippen molar-refractivity contribution in [3.63, 3.8) is 0 Å². The third-order valence-corrected chi connectivity index (χ3v) is 4.56. The molecule has 0 aliphatic carbocycles. The molecule has 0 fully saturated rings. The first kappa shape index (κ1) is 17.7. The van der Waals surface area contributed by atoms with Crippen molar-refractivity contribution in [1.29, 1.82) is 0 Å². The minimum Gasteiger partial charge on any atom is -0.395 e. The lowest BCUT2D eigenvalue weighted by Crippen LogP contribution is -2.33. The van der Waals surface area contributed by atoms with Crippen LogP contribution in [0.25, 0.3) is 0 Å². The number of aliphatic hydroxyl groups is 1. The average molecular weight is 360 g/mol. The van der Waals surface area contributed by atoms with E-state index in [1.807, 2.05) is 43.3 Å². The molecule has 5 nitrogen and oxygen atoms in total. The molecule has 25 heavy (non-hydrogen) atoms. The number of benzene rings is 2. The summed E-state index contributed by atoms with van der Waals surface area (Å²) in [7, 11) is 0. The molecule has 1 amide bonds. The van der Waals surface area contributed by atoms with Crippen LogP contribution in [0.4, 0.5) is 17.1 Å². The Morgan fingerprint density at radius 3 is 2.56 bits per heavy atom. The summed E-state index contributed by atoms with van der Waals surface area (Å²) in [6, 6.07) is 13.0. The molecule has 0 aromatic heterocycles. The number of halogens is 1. The largest absolute Gasteiger partial charge is 0.395 e. The van der Waals surface area contributed by atoms with E-state index in [2.05, 4.69) is 4.90 Å². The van der Waals surface area contributed by atoms with Crippen LogP contribution in [-0.4, -0.2) is 36.8 Å². The summed E-state index contributed by atoms with van der Waals surface area (Å²) in [5.74, 6) is -0.128. The zero-order valence-corrected chi connectivity index (χ0v) is 14.9. The highest BCUT2D eigenvalue weighted by atomic mass is 35.5. The summed E-state index contributed by atoms with van der Waals surface area (Å²) in [6.45, 7) is 2.74. The number of nitrogens with zero attached hydrogens (tertiary/aromatic N) is 2. The van der Waals surface area contributed by atoms with Crippen LogP contribution in [0, 0.1) is 0 Å². The number of anilines is 3. The van der Waals surface area contributed by atoms with Gasteiger partial charge in [-0.25, -0.2) is 0 Å². The van der Waals surface area contributed by atoms with Crippen molar-refractivity contribution in [2.45, 2.75) is 19.4 Å². The molecule has 1 unspecified atom stereocenters. The maximum absolute atomic E-state index is 13.1. The van der Waals surface area contributed by atoms with Gasteiger partial charge < -0.3 is 20.6 Å². The van der Waals surface area contributed by atoms with Crippen LogP contribution in [0.1, 0.15) is 23.7 Å². The topological polar surface area (TPSA) is 69.8 Å². The lowest BCUT2D eigenvalue weighted by Gasteiger charge is -2.28. The smallest absolute Gasteiger partial charge is 0.260 e. The third-order valence-electron chi connectivity index (χ3n) is 4.32. The second-order valence-corrected chi connectivity index (χ2v) is 6.68. The average Bonchev–Trinajstić information content (AvgIpc) is 2.68. The minimum atomic E-state index is -0.128. The van der Waals surface area contributed by atoms with E-state index in [0.717, 1.165) is 23.5 Å². The highest BCUT2D eigenvalue weighted by Crippen LogP contribution is 2.41. The molecule has 132 valence electrons. The highest BCUT2D eigenvalue weighted by Gasteiger charge is 2.30. The van der Waals surface area contributed by atoms with Crippen molar-refractivity contribution in [2.75, 3.05) is 29.5 Å². The second kappa shape index (κ2) is 7.44. The van der Waals surface area contributed by atoms with Gasteiger partial charge in [-0.05, 0) is 43.7 Å². The molecule has 1 aliphatic heterocycles. The summed E-state index contributed by atoms with van der Waals surface area (Å²) in [5, 5.41) is 10.0. The normalized spacial score (nSPS) is 14.8. The number of carbonyl (C=O) groups is 1. The Kier molecular flexibility index (Phi) is 5.27. The SMILES string of the molecule is CC(N)CCN1c2ccccc2C(=O)N(CCO)c2ccc(Cl)cc21. The van der Waals surface area contributed by atoms with E-state index in [9.17, 15) is 9.90 Å². The molecule has 3 N–H and O–H groups in total. The number of para-hydroxylation sites is 1. The van der Waals surface area contributed by atoms with E-state index in [4.69, 9.17) is 17.3 Å². The number of amides is 1. The van der Waals surface area contributed by atoms with Crippen molar-refractivity contribution in [3.05, 3.63) is 53.1 Å². The minimum absolute atomic E-state index is 0.0438. The van der Waals surface area contributed by atoms with E-state index in [1.54, 1.807) is 11.0 Å². The van der Waals surface area contributed by atoms with Gasteiger partial charge >= 0.3 is 0 Å². The molecule has 0 saturated carbocycles. The summed E-state index contributed by atoms with van der Waals surface area (Å²) in [6.07, 6.45) is 0.772. The number of aliphatic hydroxyl groups excluding tert-OH is 1. The van der Waals surface area contributed by atoms with Crippen LogP contribution in [0.3, 0.4) is 0 Å². The number of nitrogens with two attached hydrogens (primary N) is 1. The molecular weight excluding hydrogens is 338 g/mol. The zero-order valence-electron chi connectivity index (χ0n) is 14.2. The third kappa shape index (κ3) is 3.49. The molecule has 1 aliphatic rings. The van der Waals surface area contributed by atoms with Gasteiger partial charge in [0.15, 0.2) is 0 Å². The van der Waals surface area contributed by atoms with E-state index < -0.39 is 0 Å². The molecule has 2 aromatic carbocycles. The summed E-state index contributed by atoms with van der Waals surface area (Å²) in [5.41, 5.74) is 8.98. The van der Waals surface area contributed by atoms with Gasteiger partial charge in [-0.1, -0.05) is 23.7 Å². The lowest BCUT2D eigenvalue weighted by atomic mass is 10.1. The maximum Gasteiger partial charge on any atom is 0.260 e. The molecular formula is C19H22ClN3O2. The van der Waals surface area contributed by atoms with Gasteiger partial charge in [-0.2, -0.15) is 0 Å². The van der Waals surface area contributed by atoms with Crippen molar-refractivity contribution >= 4 is 34.6 Å². The second-order valence-electron chi connectivity index (χ2n) is 6.25. The van der Waals surface area contributed by atoms with Crippen molar-refractivity contribution < 1.29 is 9.90 Å². The number of fused-ring (bicyclic) bond motifs is 2. The number of hydrogen-bond acceptors (Lipinski definition) is 4. The molecule has 1 atom stereocenters.